The van der Waals surface area contributed by atoms with Gasteiger partial charge >= 0.3 is 0 Å². The van der Waals surface area contributed by atoms with Crippen LogP contribution in [-0.4, -0.2) is 34.5 Å². The topological polar surface area (TPSA) is 52.0 Å². The highest BCUT2D eigenvalue weighted by atomic mass is 16.5. The highest BCUT2D eigenvalue weighted by molar-refractivity contribution is 4.90. The number of rotatable bonds is 7. The second-order valence-corrected chi connectivity index (χ2v) is 4.41. The van der Waals surface area contributed by atoms with Crippen LogP contribution in [0.4, 0.5) is 0 Å². The van der Waals surface area contributed by atoms with Crippen LogP contribution in [-0.2, 0) is 11.3 Å². The van der Waals surface area contributed by atoms with Gasteiger partial charge in [0.2, 0.25) is 0 Å². The predicted octanol–water partition coefficient (Wildman–Crippen LogP) is 1.13. The monoisotopic (exact) mass is 224 g/mol. The van der Waals surface area contributed by atoms with Crippen molar-refractivity contribution in [3.05, 3.63) is 12.2 Å². The van der Waals surface area contributed by atoms with Crippen molar-refractivity contribution in [3.63, 3.8) is 0 Å². The van der Waals surface area contributed by atoms with Crippen molar-refractivity contribution < 1.29 is 4.74 Å². The Bertz CT molecular complexity index is 322. The zero-order valence-electron chi connectivity index (χ0n) is 10.0. The van der Waals surface area contributed by atoms with E-state index < -0.39 is 0 Å². The van der Waals surface area contributed by atoms with E-state index in [1.807, 2.05) is 4.68 Å². The first-order valence-corrected chi connectivity index (χ1v) is 5.92. The van der Waals surface area contributed by atoms with E-state index in [1.54, 1.807) is 13.4 Å². The van der Waals surface area contributed by atoms with E-state index in [9.17, 15) is 0 Å². The van der Waals surface area contributed by atoms with Crippen LogP contribution in [0.25, 0.3) is 0 Å². The second kappa shape index (κ2) is 5.41. The molecule has 1 aromatic rings. The largest absolute Gasteiger partial charge is 0.385 e. The molecule has 0 aliphatic heterocycles. The SMILES string of the molecule is COCCC(C)n1ncnc1CNC1CC1. The molecule has 0 amide bonds. The molecule has 1 aromatic heterocycles. The normalized spacial score (nSPS) is 17.6. The number of hydrogen-bond donors (Lipinski definition) is 1. The molecule has 1 heterocycles. The molecule has 0 saturated heterocycles. The molecule has 0 radical (unpaired) electrons. The van der Waals surface area contributed by atoms with Gasteiger partial charge in [0, 0.05) is 19.8 Å². The van der Waals surface area contributed by atoms with Gasteiger partial charge in [-0.15, -0.1) is 0 Å². The van der Waals surface area contributed by atoms with Crippen molar-refractivity contribution in [2.45, 2.75) is 44.8 Å². The van der Waals surface area contributed by atoms with Crippen LogP contribution in [0.15, 0.2) is 6.33 Å². The Hall–Kier alpha value is -0.940. The van der Waals surface area contributed by atoms with Crippen molar-refractivity contribution in [2.75, 3.05) is 13.7 Å². The number of nitrogens with zero attached hydrogens (tertiary/aromatic N) is 3. The minimum absolute atomic E-state index is 0.346. The smallest absolute Gasteiger partial charge is 0.141 e. The highest BCUT2D eigenvalue weighted by Crippen LogP contribution is 2.19. The fraction of sp³-hybridized carbons (Fsp3) is 0.818. The minimum atomic E-state index is 0.346. The number of nitrogens with one attached hydrogen (secondary N) is 1. The zero-order chi connectivity index (χ0) is 11.4. The summed E-state index contributed by atoms with van der Waals surface area (Å²) in [5, 5.41) is 7.73. The molecule has 1 N–H and O–H groups in total. The van der Waals surface area contributed by atoms with Crippen LogP contribution in [0.2, 0.25) is 0 Å². The maximum Gasteiger partial charge on any atom is 0.141 e. The molecule has 1 unspecified atom stereocenters. The fourth-order valence-electron chi connectivity index (χ4n) is 1.70. The van der Waals surface area contributed by atoms with Crippen LogP contribution in [0.3, 0.4) is 0 Å². The van der Waals surface area contributed by atoms with E-state index in [0.29, 0.717) is 12.1 Å². The zero-order valence-corrected chi connectivity index (χ0v) is 10.0. The first kappa shape index (κ1) is 11.5. The molecule has 1 atom stereocenters. The summed E-state index contributed by atoms with van der Waals surface area (Å²) in [6, 6.07) is 1.05. The van der Waals surface area contributed by atoms with Gasteiger partial charge in [0.15, 0.2) is 0 Å². The van der Waals surface area contributed by atoms with Gasteiger partial charge in [-0.2, -0.15) is 5.10 Å². The van der Waals surface area contributed by atoms with Crippen molar-refractivity contribution in [1.82, 2.24) is 20.1 Å². The number of methoxy groups -OCH3 is 1. The van der Waals surface area contributed by atoms with Gasteiger partial charge in [0.05, 0.1) is 12.6 Å². The van der Waals surface area contributed by atoms with E-state index in [1.165, 1.54) is 12.8 Å². The van der Waals surface area contributed by atoms with Crippen LogP contribution in [0, 0.1) is 0 Å². The van der Waals surface area contributed by atoms with Gasteiger partial charge in [-0.1, -0.05) is 0 Å². The molecule has 90 valence electrons. The summed E-state index contributed by atoms with van der Waals surface area (Å²) in [5.74, 6) is 1.02. The van der Waals surface area contributed by atoms with E-state index >= 15 is 0 Å². The lowest BCUT2D eigenvalue weighted by atomic mass is 10.2. The minimum Gasteiger partial charge on any atom is -0.385 e. The van der Waals surface area contributed by atoms with Gasteiger partial charge in [-0.3, -0.25) is 0 Å². The summed E-state index contributed by atoms with van der Waals surface area (Å²) in [4.78, 5) is 4.29. The summed E-state index contributed by atoms with van der Waals surface area (Å²) in [5.41, 5.74) is 0. The van der Waals surface area contributed by atoms with Gasteiger partial charge in [0.25, 0.3) is 0 Å². The maximum atomic E-state index is 5.08. The van der Waals surface area contributed by atoms with Crippen LogP contribution in [0.1, 0.15) is 38.1 Å². The third-order valence-electron chi connectivity index (χ3n) is 2.93. The highest BCUT2D eigenvalue weighted by Gasteiger charge is 2.21. The third kappa shape index (κ3) is 3.02. The third-order valence-corrected chi connectivity index (χ3v) is 2.93. The number of ether oxygens (including phenoxy) is 1. The Kier molecular flexibility index (Phi) is 3.90. The summed E-state index contributed by atoms with van der Waals surface area (Å²) in [7, 11) is 1.73. The van der Waals surface area contributed by atoms with E-state index in [2.05, 4.69) is 22.3 Å². The Morgan fingerprint density at radius 1 is 1.62 bits per heavy atom. The Balaban J connectivity index is 1.88. The molecule has 1 aliphatic carbocycles. The van der Waals surface area contributed by atoms with Crippen molar-refractivity contribution >= 4 is 0 Å². The molecule has 5 heteroatoms. The molecule has 2 rings (SSSR count). The first-order chi connectivity index (χ1) is 7.81. The Labute approximate surface area is 96.2 Å². The summed E-state index contributed by atoms with van der Waals surface area (Å²) in [6.45, 7) is 3.73. The molecule has 1 fully saturated rings. The van der Waals surface area contributed by atoms with Gasteiger partial charge in [-0.05, 0) is 26.2 Å². The van der Waals surface area contributed by atoms with E-state index in [4.69, 9.17) is 4.74 Å². The summed E-state index contributed by atoms with van der Waals surface area (Å²) >= 11 is 0. The quantitative estimate of drug-likeness (QED) is 0.754. The lowest BCUT2D eigenvalue weighted by Crippen LogP contribution is -2.21. The molecule has 0 aromatic carbocycles. The number of hydrogen-bond acceptors (Lipinski definition) is 4. The molecule has 0 bridgehead atoms. The van der Waals surface area contributed by atoms with Crippen LogP contribution >= 0.6 is 0 Å². The van der Waals surface area contributed by atoms with E-state index in [0.717, 1.165) is 25.4 Å². The lowest BCUT2D eigenvalue weighted by molar-refractivity contribution is 0.178. The fourth-order valence-corrected chi connectivity index (χ4v) is 1.70. The Morgan fingerprint density at radius 2 is 2.44 bits per heavy atom. The first-order valence-electron chi connectivity index (χ1n) is 5.92. The maximum absolute atomic E-state index is 5.08. The average Bonchev–Trinajstić information content (AvgIpc) is 3.00. The predicted molar refractivity (Wildman–Crippen MR) is 61.1 cm³/mol. The van der Waals surface area contributed by atoms with Crippen LogP contribution < -0.4 is 5.32 Å². The second-order valence-electron chi connectivity index (χ2n) is 4.41. The summed E-state index contributed by atoms with van der Waals surface area (Å²) < 4.78 is 7.08. The lowest BCUT2D eigenvalue weighted by Gasteiger charge is -2.14. The molecule has 16 heavy (non-hydrogen) atoms. The average molecular weight is 224 g/mol. The molecule has 0 spiro atoms. The van der Waals surface area contributed by atoms with Crippen molar-refractivity contribution in [1.29, 1.82) is 0 Å². The molecular weight excluding hydrogens is 204 g/mol. The van der Waals surface area contributed by atoms with Crippen molar-refractivity contribution in [2.24, 2.45) is 0 Å². The van der Waals surface area contributed by atoms with Crippen molar-refractivity contribution in [3.8, 4) is 0 Å². The molecule has 1 saturated carbocycles. The van der Waals surface area contributed by atoms with Gasteiger partial charge in [0.1, 0.15) is 12.2 Å². The molecule has 1 aliphatic rings. The van der Waals surface area contributed by atoms with Gasteiger partial charge < -0.3 is 10.1 Å². The standard InChI is InChI=1S/C11H20N4O/c1-9(5-6-16-2)15-11(13-8-14-15)7-12-10-3-4-10/h8-10,12H,3-7H2,1-2H3. The Morgan fingerprint density at radius 3 is 3.12 bits per heavy atom. The van der Waals surface area contributed by atoms with Gasteiger partial charge in [-0.25, -0.2) is 9.67 Å². The molecule has 5 nitrogen and oxygen atoms in total. The summed E-state index contributed by atoms with van der Waals surface area (Å²) in [6.07, 6.45) is 5.20. The van der Waals surface area contributed by atoms with E-state index in [-0.39, 0.29) is 0 Å². The number of aromatic nitrogens is 3. The molecular formula is C11H20N4O. The van der Waals surface area contributed by atoms with Crippen LogP contribution in [0.5, 0.6) is 0 Å².